The Morgan fingerprint density at radius 1 is 0.944 bits per heavy atom. The highest BCUT2D eigenvalue weighted by Crippen LogP contribution is 2.22. The molecule has 0 spiro atoms. The summed E-state index contributed by atoms with van der Waals surface area (Å²) in [4.78, 5) is 18.0. The van der Waals surface area contributed by atoms with Crippen LogP contribution in [0.25, 0.3) is 10.9 Å². The minimum absolute atomic E-state index is 0.136. The van der Waals surface area contributed by atoms with Gasteiger partial charge in [0.1, 0.15) is 11.5 Å². The molecule has 0 saturated heterocycles. The molecule has 0 aliphatic rings. The Kier molecular flexibility index (Phi) is 8.23. The van der Waals surface area contributed by atoms with Crippen LogP contribution < -0.4 is 20.3 Å². The van der Waals surface area contributed by atoms with E-state index in [0.717, 1.165) is 40.1 Å². The Morgan fingerprint density at radius 2 is 1.69 bits per heavy atom. The zero-order valence-electron chi connectivity index (χ0n) is 20.8. The molecule has 0 aliphatic heterocycles. The highest BCUT2D eigenvalue weighted by molar-refractivity contribution is 7.80. The third kappa shape index (κ3) is 6.04. The maximum Gasteiger partial charge on any atom is 0.253 e. The number of nitrogens with zero attached hydrogens (tertiary/aromatic N) is 1. The summed E-state index contributed by atoms with van der Waals surface area (Å²) in [6.45, 7) is 5.52. The lowest BCUT2D eigenvalue weighted by molar-refractivity contribution is 0.340. The van der Waals surface area contributed by atoms with Crippen LogP contribution in [0.5, 0.6) is 11.5 Å². The summed E-state index contributed by atoms with van der Waals surface area (Å²) in [6, 6.07) is 23.6. The average Bonchev–Trinajstić information content (AvgIpc) is 2.89. The van der Waals surface area contributed by atoms with E-state index >= 15 is 0 Å². The van der Waals surface area contributed by atoms with Gasteiger partial charge in [-0.05, 0) is 79.2 Å². The van der Waals surface area contributed by atoms with Gasteiger partial charge < -0.3 is 24.7 Å². The molecule has 4 rings (SSSR count). The largest absolute Gasteiger partial charge is 0.497 e. The number of thiocarbonyl (C=S) groups is 1. The average molecular weight is 502 g/mol. The van der Waals surface area contributed by atoms with Gasteiger partial charge in [-0.1, -0.05) is 37.3 Å². The fourth-order valence-corrected chi connectivity index (χ4v) is 4.34. The van der Waals surface area contributed by atoms with Gasteiger partial charge in [0, 0.05) is 28.7 Å². The summed E-state index contributed by atoms with van der Waals surface area (Å²) in [5.74, 6) is 1.56. The lowest BCUT2D eigenvalue weighted by Crippen LogP contribution is -2.35. The van der Waals surface area contributed by atoms with E-state index in [1.54, 1.807) is 7.11 Å². The van der Waals surface area contributed by atoms with Crippen molar-refractivity contribution in [3.63, 3.8) is 0 Å². The lowest BCUT2D eigenvalue weighted by atomic mass is 10.1. The number of para-hydroxylation sites is 1. The van der Waals surface area contributed by atoms with Crippen molar-refractivity contribution in [1.82, 2.24) is 9.88 Å². The van der Waals surface area contributed by atoms with Crippen molar-refractivity contribution < 1.29 is 9.47 Å². The number of benzene rings is 3. The van der Waals surface area contributed by atoms with E-state index in [2.05, 4.69) is 23.3 Å². The maximum atomic E-state index is 13.0. The quantitative estimate of drug-likeness (QED) is 0.279. The summed E-state index contributed by atoms with van der Waals surface area (Å²) < 4.78 is 10.9. The predicted molar refractivity (Wildman–Crippen MR) is 150 cm³/mol. The Hall–Kier alpha value is -3.84. The number of methoxy groups -OCH3 is 1. The van der Waals surface area contributed by atoms with Gasteiger partial charge in [-0.2, -0.15) is 0 Å². The van der Waals surface area contributed by atoms with Crippen molar-refractivity contribution in [3.8, 4) is 11.5 Å². The molecule has 0 fully saturated rings. The molecule has 0 bridgehead atoms. The van der Waals surface area contributed by atoms with Crippen LogP contribution in [0.4, 0.5) is 5.69 Å². The molecule has 3 aromatic carbocycles. The molecule has 1 heterocycles. The fourth-order valence-electron chi connectivity index (χ4n) is 4.11. The number of nitrogens with one attached hydrogen (secondary N) is 2. The second-order valence-corrected chi connectivity index (χ2v) is 8.84. The normalized spacial score (nSPS) is 10.8. The lowest BCUT2D eigenvalue weighted by Gasteiger charge is -2.27. The van der Waals surface area contributed by atoms with Gasteiger partial charge in [-0.3, -0.25) is 4.79 Å². The molecular formula is C29H31N3O3S. The first-order chi connectivity index (χ1) is 17.5. The van der Waals surface area contributed by atoms with Crippen LogP contribution in [-0.2, 0) is 19.5 Å². The number of ether oxygens (including phenoxy) is 2. The number of rotatable bonds is 9. The number of pyridine rings is 1. The van der Waals surface area contributed by atoms with E-state index in [-0.39, 0.29) is 5.56 Å². The van der Waals surface area contributed by atoms with Gasteiger partial charge in [0.15, 0.2) is 5.11 Å². The minimum atomic E-state index is -0.136. The Morgan fingerprint density at radius 3 is 2.42 bits per heavy atom. The second kappa shape index (κ2) is 11.7. The number of anilines is 1. The molecule has 2 N–H and O–H groups in total. The van der Waals surface area contributed by atoms with Crippen molar-refractivity contribution in [3.05, 3.63) is 99.8 Å². The van der Waals surface area contributed by atoms with Crippen LogP contribution in [0.3, 0.4) is 0 Å². The highest BCUT2D eigenvalue weighted by atomic mass is 32.1. The van der Waals surface area contributed by atoms with E-state index < -0.39 is 0 Å². The fraction of sp³-hybridized carbons (Fsp3) is 0.241. The maximum absolute atomic E-state index is 13.0. The molecule has 0 amide bonds. The predicted octanol–water partition coefficient (Wildman–Crippen LogP) is 5.90. The molecule has 186 valence electrons. The first-order valence-electron chi connectivity index (χ1n) is 12.1. The van der Waals surface area contributed by atoms with Crippen LogP contribution in [-0.4, -0.2) is 28.7 Å². The molecule has 0 unspecified atom stereocenters. The molecule has 7 heteroatoms. The summed E-state index contributed by atoms with van der Waals surface area (Å²) >= 11 is 5.86. The highest BCUT2D eigenvalue weighted by Gasteiger charge is 2.16. The summed E-state index contributed by atoms with van der Waals surface area (Å²) in [7, 11) is 1.65. The number of hydrogen-bond acceptors (Lipinski definition) is 4. The van der Waals surface area contributed by atoms with Crippen molar-refractivity contribution in [2.45, 2.75) is 33.4 Å². The van der Waals surface area contributed by atoms with E-state index in [1.165, 1.54) is 5.56 Å². The van der Waals surface area contributed by atoms with E-state index in [9.17, 15) is 4.79 Å². The van der Waals surface area contributed by atoms with E-state index in [0.29, 0.717) is 30.4 Å². The first kappa shape index (κ1) is 25.3. The minimum Gasteiger partial charge on any atom is -0.497 e. The van der Waals surface area contributed by atoms with Crippen molar-refractivity contribution in [1.29, 1.82) is 0 Å². The number of H-pyrrole nitrogens is 1. The summed E-state index contributed by atoms with van der Waals surface area (Å²) in [6.07, 6.45) is 0.886. The van der Waals surface area contributed by atoms with Crippen LogP contribution in [0.2, 0.25) is 0 Å². The second-order valence-electron chi connectivity index (χ2n) is 8.45. The molecular weight excluding hydrogens is 470 g/mol. The summed E-state index contributed by atoms with van der Waals surface area (Å²) in [5, 5.41) is 4.87. The standard InChI is InChI=1S/C29H31N3O3S/c1-4-21-8-6-7-9-26(21)31-29(36)32(18-20-10-12-24(34-3)13-11-20)19-23-16-22-17-25(35-5-2)14-15-27(22)30-28(23)33/h6-17H,4-5,18-19H2,1-3H3,(H,30,33)(H,31,36). The summed E-state index contributed by atoms with van der Waals surface area (Å²) in [5.41, 5.74) is 4.46. The van der Waals surface area contributed by atoms with E-state index in [4.69, 9.17) is 21.7 Å². The molecule has 0 saturated carbocycles. The SMILES string of the molecule is CCOc1ccc2[nH]c(=O)c(CN(Cc3ccc(OC)cc3)C(=S)Nc3ccccc3CC)cc2c1. The third-order valence-electron chi connectivity index (χ3n) is 6.02. The zero-order valence-corrected chi connectivity index (χ0v) is 21.7. The van der Waals surface area contributed by atoms with Crippen LogP contribution >= 0.6 is 12.2 Å². The molecule has 36 heavy (non-hydrogen) atoms. The monoisotopic (exact) mass is 501 g/mol. The molecule has 0 atom stereocenters. The van der Waals surface area contributed by atoms with E-state index in [1.807, 2.05) is 78.6 Å². The topological polar surface area (TPSA) is 66.6 Å². The smallest absolute Gasteiger partial charge is 0.253 e. The Bertz CT molecular complexity index is 1400. The van der Waals surface area contributed by atoms with Gasteiger partial charge in [-0.25, -0.2) is 0 Å². The number of hydrogen-bond donors (Lipinski definition) is 2. The number of fused-ring (bicyclic) bond motifs is 1. The first-order valence-corrected chi connectivity index (χ1v) is 12.5. The van der Waals surface area contributed by atoms with Gasteiger partial charge >= 0.3 is 0 Å². The van der Waals surface area contributed by atoms with Gasteiger partial charge in [0.05, 0.1) is 20.3 Å². The van der Waals surface area contributed by atoms with Crippen molar-refractivity contribution in [2.75, 3.05) is 19.0 Å². The van der Waals surface area contributed by atoms with Crippen molar-refractivity contribution >= 4 is 33.9 Å². The number of aromatic amines is 1. The van der Waals surface area contributed by atoms with Gasteiger partial charge in [0.2, 0.25) is 0 Å². The molecule has 0 radical (unpaired) electrons. The third-order valence-corrected chi connectivity index (χ3v) is 6.38. The van der Waals surface area contributed by atoms with Crippen LogP contribution in [0.15, 0.2) is 77.6 Å². The molecule has 4 aromatic rings. The van der Waals surface area contributed by atoms with Crippen molar-refractivity contribution in [2.24, 2.45) is 0 Å². The van der Waals surface area contributed by atoms with Crippen LogP contribution in [0.1, 0.15) is 30.5 Å². The van der Waals surface area contributed by atoms with Gasteiger partial charge in [-0.15, -0.1) is 0 Å². The zero-order chi connectivity index (χ0) is 25.5. The number of aromatic nitrogens is 1. The Balaban J connectivity index is 1.66. The number of aryl methyl sites for hydroxylation is 1. The van der Waals surface area contributed by atoms with Crippen LogP contribution in [0, 0.1) is 0 Å². The molecule has 1 aromatic heterocycles. The molecule has 6 nitrogen and oxygen atoms in total. The Labute approximate surface area is 216 Å². The molecule has 0 aliphatic carbocycles. The van der Waals surface area contributed by atoms with Gasteiger partial charge in [0.25, 0.3) is 5.56 Å².